The first kappa shape index (κ1) is 71.8. The van der Waals surface area contributed by atoms with E-state index < -0.39 is 23.5 Å². The number of aryl methyl sites for hydroxylation is 2. The van der Waals surface area contributed by atoms with Crippen molar-refractivity contribution in [1.82, 2.24) is 0 Å². The number of halogens is 9. The molecule has 0 saturated carbocycles. The molecule has 9 rings (SSSR count). The Morgan fingerprint density at radius 2 is 0.863 bits per heavy atom. The van der Waals surface area contributed by atoms with E-state index >= 15 is 0 Å². The van der Waals surface area contributed by atoms with E-state index in [2.05, 4.69) is 11.7 Å². The molecule has 18 heteroatoms. The number of phenolic OH excluding ortho intramolecular Hbond substituents is 1. The molecule has 434 valence electrons. The van der Waals surface area contributed by atoms with Crippen molar-refractivity contribution in [3.63, 3.8) is 0 Å². The van der Waals surface area contributed by atoms with Gasteiger partial charge in [0.15, 0.2) is 34.6 Å². The second kappa shape index (κ2) is 40.1. The molecule has 0 atom stereocenters. The molecule has 0 amide bonds. The van der Waals surface area contributed by atoms with Crippen LogP contribution in [0.15, 0.2) is 200 Å². The van der Waals surface area contributed by atoms with Crippen LogP contribution in [-0.2, 0) is 12.4 Å². The molecule has 0 saturated heterocycles. The van der Waals surface area contributed by atoms with Crippen LogP contribution in [0.1, 0.15) is 37.1 Å². The van der Waals surface area contributed by atoms with E-state index in [1.807, 2.05) is 91.9 Å². The third kappa shape index (κ3) is 30.7. The minimum atomic E-state index is -4.27. The van der Waals surface area contributed by atoms with E-state index in [-0.39, 0.29) is 38.8 Å². The molecule has 0 aromatic heterocycles. The summed E-state index contributed by atoms with van der Waals surface area (Å²) in [5, 5.41) is 17.3. The number of methoxy groups -OCH3 is 4. The van der Waals surface area contributed by atoms with Gasteiger partial charge in [-0.2, -0.15) is 26.3 Å². The molecule has 0 unspecified atom stereocenters. The smallest absolute Gasteiger partial charge is 0.416 e. The van der Waals surface area contributed by atoms with Crippen molar-refractivity contribution < 1.29 is 78.5 Å². The molecule has 0 aliphatic carbocycles. The fourth-order valence-electron chi connectivity index (χ4n) is 5.57. The van der Waals surface area contributed by atoms with Crippen LogP contribution in [0.2, 0.25) is 5.02 Å². The number of para-hydroxylation sites is 5. The van der Waals surface area contributed by atoms with Gasteiger partial charge in [0.1, 0.15) is 42.8 Å². The summed E-state index contributed by atoms with van der Waals surface area (Å²) >= 11 is 5.39. The maximum atomic E-state index is 12.6. The summed E-state index contributed by atoms with van der Waals surface area (Å²) in [7, 11) is 5.98. The van der Waals surface area contributed by atoms with Gasteiger partial charge in [-0.3, -0.25) is 0 Å². The van der Waals surface area contributed by atoms with Crippen LogP contribution in [0.3, 0.4) is 0 Å². The van der Waals surface area contributed by atoms with Crippen molar-refractivity contribution in [3.05, 3.63) is 239 Å². The van der Waals surface area contributed by atoms with Crippen LogP contribution in [0.5, 0.6) is 46.0 Å². The lowest BCUT2D eigenvalue weighted by atomic mass is 10.2. The largest absolute Gasteiger partial charge is 0.508 e. The number of rotatable bonds is 7. The summed E-state index contributed by atoms with van der Waals surface area (Å²) in [5.74, 6) is 4.13. The van der Waals surface area contributed by atoms with Crippen molar-refractivity contribution in [2.24, 2.45) is 0 Å². The topological polar surface area (TPSA) is 105 Å². The zero-order valence-electron chi connectivity index (χ0n) is 43.5. The first-order valence-corrected chi connectivity index (χ1v) is 23.7. The standard InChI is InChI=1S/C8H7F3O.C8H9FO.C8H8O2.C8H10O2.C8H10O.C7H4ClF3.C7H7FO.C6H6O.2CH4/c1-12-7-4-2-6(3-5-7)8(9,10)11;1-6-3-4-7(9)8(5-6)10-2;1-2-4-8-7(3-1)9-5-6-10-8;9-6-7-10-8-4-2-1-3-5-8;1-7-3-5-8(9-2)6-4-7;8-6-3-1-5(2-4-6)7(9,10)11;1-9-7-5-3-2-4-6(7)8;7-6-4-2-1-3-5-6;;/h2-5H,1H3;3-5H,1-2H3;1-4H,5-6H2;1-5,9H,6-7H2;3-6H,1-2H3;1-4H;2-5H,1H3;1-5,7H;2*1H4. The van der Waals surface area contributed by atoms with Gasteiger partial charge in [0.05, 0.1) is 46.2 Å². The minimum Gasteiger partial charge on any atom is -0.508 e. The molecule has 80 heavy (non-hydrogen) atoms. The highest BCUT2D eigenvalue weighted by Gasteiger charge is 2.30. The Morgan fingerprint density at radius 3 is 1.25 bits per heavy atom. The fourth-order valence-corrected chi connectivity index (χ4v) is 5.70. The fraction of sp³-hybridized carbons (Fsp3) is 0.226. The summed E-state index contributed by atoms with van der Waals surface area (Å²) in [4.78, 5) is 0. The Hall–Kier alpha value is -8.15. The number of ether oxygens (including phenoxy) is 7. The maximum absolute atomic E-state index is 12.6. The zero-order valence-corrected chi connectivity index (χ0v) is 44.3. The molecule has 1 aliphatic heterocycles. The number of phenols is 1. The van der Waals surface area contributed by atoms with E-state index in [1.54, 1.807) is 61.7 Å². The second-order valence-corrected chi connectivity index (χ2v) is 15.8. The Balaban J connectivity index is 0.000000891. The third-order valence-corrected chi connectivity index (χ3v) is 9.77. The summed E-state index contributed by atoms with van der Waals surface area (Å²) in [6.07, 6.45) is -8.54. The van der Waals surface area contributed by atoms with Gasteiger partial charge in [-0.15, -0.1) is 0 Å². The lowest BCUT2D eigenvalue weighted by Crippen LogP contribution is -2.14. The monoisotopic (exact) mass is 1140 g/mol. The summed E-state index contributed by atoms with van der Waals surface area (Å²) in [6.45, 7) is 5.70. The van der Waals surface area contributed by atoms with Crippen molar-refractivity contribution >= 4 is 11.6 Å². The third-order valence-electron chi connectivity index (χ3n) is 9.52. The van der Waals surface area contributed by atoms with Gasteiger partial charge in [0, 0.05) is 5.02 Å². The van der Waals surface area contributed by atoms with Crippen LogP contribution in [0.4, 0.5) is 35.1 Å². The number of alkyl halides is 6. The minimum absolute atomic E-state index is 0. The molecule has 0 spiro atoms. The van der Waals surface area contributed by atoms with Gasteiger partial charge < -0.3 is 43.4 Å². The van der Waals surface area contributed by atoms with Crippen molar-refractivity contribution in [2.45, 2.75) is 41.1 Å². The normalized spacial score (nSPS) is 10.3. The average Bonchev–Trinajstić information content (AvgIpc) is 3.45. The van der Waals surface area contributed by atoms with Crippen molar-refractivity contribution in [3.8, 4) is 46.0 Å². The Bertz CT molecular complexity index is 2780. The van der Waals surface area contributed by atoms with E-state index in [0.29, 0.717) is 42.1 Å². The van der Waals surface area contributed by atoms with Crippen molar-refractivity contribution in [1.29, 1.82) is 0 Å². The van der Waals surface area contributed by atoms with Crippen LogP contribution in [0, 0.1) is 25.5 Å². The van der Waals surface area contributed by atoms with Gasteiger partial charge in [-0.05, 0) is 141 Å². The number of hydrogen-bond acceptors (Lipinski definition) is 9. The van der Waals surface area contributed by atoms with Gasteiger partial charge in [-0.1, -0.05) is 111 Å². The molecule has 8 aromatic carbocycles. The molecule has 2 N–H and O–H groups in total. The first-order valence-electron chi connectivity index (χ1n) is 23.3. The predicted octanol–water partition coefficient (Wildman–Crippen LogP) is 17.2. The molecule has 8 aromatic rings. The lowest BCUT2D eigenvalue weighted by molar-refractivity contribution is -0.138. The number of benzene rings is 8. The van der Waals surface area contributed by atoms with Crippen LogP contribution < -0.4 is 33.2 Å². The number of aromatic hydroxyl groups is 1. The van der Waals surface area contributed by atoms with E-state index in [4.69, 9.17) is 50.2 Å². The van der Waals surface area contributed by atoms with Crippen LogP contribution in [-0.4, -0.2) is 65.1 Å². The second-order valence-electron chi connectivity index (χ2n) is 15.4. The number of aliphatic hydroxyl groups excluding tert-OH is 1. The molecule has 1 aliphatic rings. The molecular formula is C62H69ClF8O9. The highest BCUT2D eigenvalue weighted by atomic mass is 35.5. The van der Waals surface area contributed by atoms with E-state index in [0.717, 1.165) is 52.8 Å². The number of aliphatic hydroxyl groups is 1. The maximum Gasteiger partial charge on any atom is 0.416 e. The Kier molecular flexibility index (Phi) is 36.0. The van der Waals surface area contributed by atoms with Gasteiger partial charge in [0.2, 0.25) is 0 Å². The number of fused-ring (bicyclic) bond motifs is 1. The quantitative estimate of drug-likeness (QED) is 0.151. The van der Waals surface area contributed by atoms with E-state index in [9.17, 15) is 35.1 Å². The molecular weight excluding hydrogens is 1080 g/mol. The van der Waals surface area contributed by atoms with Gasteiger partial charge in [0.25, 0.3) is 0 Å². The molecule has 0 fully saturated rings. The average molecular weight is 1150 g/mol. The van der Waals surface area contributed by atoms with Gasteiger partial charge in [-0.25, -0.2) is 8.78 Å². The lowest BCUT2D eigenvalue weighted by Gasteiger charge is -2.17. The van der Waals surface area contributed by atoms with Gasteiger partial charge >= 0.3 is 12.4 Å². The molecule has 0 radical (unpaired) electrons. The highest BCUT2D eigenvalue weighted by molar-refractivity contribution is 6.30. The Labute approximate surface area is 469 Å². The Morgan fingerprint density at radius 1 is 0.463 bits per heavy atom. The molecule has 9 nitrogen and oxygen atoms in total. The molecule has 0 bridgehead atoms. The number of hydrogen-bond donors (Lipinski definition) is 2. The SMILES string of the molecule is C.C.COc1cc(C)ccc1F.COc1ccc(C(F)(F)F)cc1.COc1ccc(C)cc1.COc1ccccc1F.FC(F)(F)c1ccc(Cl)cc1.OCCOc1ccccc1.Oc1ccccc1.c1ccc2c(c1)OCCO2. The van der Waals surface area contributed by atoms with Crippen molar-refractivity contribution in [2.75, 3.05) is 54.9 Å². The molecule has 1 heterocycles. The van der Waals surface area contributed by atoms with Crippen LogP contribution in [0.25, 0.3) is 0 Å². The highest BCUT2D eigenvalue weighted by Crippen LogP contribution is 2.31. The summed E-state index contributed by atoms with van der Waals surface area (Å²) in [6, 6.07) is 53.7. The first-order chi connectivity index (χ1) is 37.2. The van der Waals surface area contributed by atoms with E-state index in [1.165, 1.54) is 63.3 Å². The predicted molar refractivity (Wildman–Crippen MR) is 301 cm³/mol. The summed E-state index contributed by atoms with van der Waals surface area (Å²) in [5.41, 5.74) is 0.916. The summed E-state index contributed by atoms with van der Waals surface area (Å²) < 4.78 is 131. The zero-order chi connectivity index (χ0) is 57.8. The van der Waals surface area contributed by atoms with Crippen LogP contribution >= 0.6 is 11.6 Å².